The maximum Gasteiger partial charge on any atom is 0.126 e. The van der Waals surface area contributed by atoms with Crippen molar-refractivity contribution in [1.82, 2.24) is 9.88 Å². The van der Waals surface area contributed by atoms with Crippen molar-refractivity contribution in [3.63, 3.8) is 0 Å². The fourth-order valence-corrected chi connectivity index (χ4v) is 2.62. The summed E-state index contributed by atoms with van der Waals surface area (Å²) in [6, 6.07) is 2.10. The van der Waals surface area contributed by atoms with Crippen LogP contribution in [0.5, 0.6) is 0 Å². The molecule has 0 radical (unpaired) electrons. The number of aliphatic imine (C=N–C) groups is 1. The zero-order valence-electron chi connectivity index (χ0n) is 9.98. The highest BCUT2D eigenvalue weighted by atomic mass is 32.1. The van der Waals surface area contributed by atoms with Crippen molar-refractivity contribution in [2.45, 2.75) is 13.8 Å². The summed E-state index contributed by atoms with van der Waals surface area (Å²) in [6.07, 6.45) is 1.82. The van der Waals surface area contributed by atoms with Crippen LogP contribution in [0.1, 0.15) is 11.3 Å². The predicted octanol–water partition coefficient (Wildman–Crippen LogP) is 3.13. The Morgan fingerprint density at radius 1 is 1.38 bits per heavy atom. The summed E-state index contributed by atoms with van der Waals surface area (Å²) in [4.78, 5) is 12.0. The molecule has 2 rings (SSSR count). The molecule has 2 aromatic heterocycles. The first-order chi connectivity index (χ1) is 7.58. The Labute approximate surface area is 99.5 Å². The molecule has 0 amide bonds. The smallest absolute Gasteiger partial charge is 0.126 e. The minimum absolute atomic E-state index is 1.01. The Balaban J connectivity index is 2.56. The van der Waals surface area contributed by atoms with Gasteiger partial charge in [0.2, 0.25) is 0 Å². The van der Waals surface area contributed by atoms with Gasteiger partial charge in [-0.25, -0.2) is 9.98 Å². The second-order valence-electron chi connectivity index (χ2n) is 4.09. The van der Waals surface area contributed by atoms with Crippen LogP contribution < -0.4 is 0 Å². The van der Waals surface area contributed by atoms with Gasteiger partial charge in [-0.05, 0) is 25.5 Å². The Morgan fingerprint density at radius 3 is 2.81 bits per heavy atom. The Hall–Kier alpha value is -1.42. The number of fused-ring (bicyclic) bond motifs is 1. The van der Waals surface area contributed by atoms with Crippen molar-refractivity contribution in [1.29, 1.82) is 0 Å². The lowest BCUT2D eigenvalue weighted by Gasteiger charge is -2.03. The van der Waals surface area contributed by atoms with E-state index in [0.717, 1.165) is 16.2 Å². The molecule has 0 aliphatic heterocycles. The molecule has 16 heavy (non-hydrogen) atoms. The fraction of sp³-hybridized carbons (Fsp3) is 0.333. The predicted molar refractivity (Wildman–Crippen MR) is 70.9 cm³/mol. The monoisotopic (exact) mass is 233 g/mol. The molecule has 84 valence electrons. The van der Waals surface area contributed by atoms with Crippen LogP contribution in [0.25, 0.3) is 10.2 Å². The first kappa shape index (κ1) is 11.1. The van der Waals surface area contributed by atoms with E-state index in [1.807, 2.05) is 32.3 Å². The average molecular weight is 233 g/mol. The van der Waals surface area contributed by atoms with Gasteiger partial charge in [-0.1, -0.05) is 0 Å². The second-order valence-corrected chi connectivity index (χ2v) is 4.95. The quantitative estimate of drug-likeness (QED) is 0.589. The van der Waals surface area contributed by atoms with Gasteiger partial charge in [0.05, 0.1) is 12.0 Å². The molecule has 0 fully saturated rings. The summed E-state index contributed by atoms with van der Waals surface area (Å²) in [5.74, 6) is 0. The summed E-state index contributed by atoms with van der Waals surface area (Å²) < 4.78 is 0. The Bertz CT molecular complexity index is 540. The van der Waals surface area contributed by atoms with E-state index in [0.29, 0.717) is 0 Å². The van der Waals surface area contributed by atoms with E-state index in [1.165, 1.54) is 10.9 Å². The van der Waals surface area contributed by atoms with Crippen LogP contribution in [0.3, 0.4) is 0 Å². The molecular formula is C12H15N3S. The van der Waals surface area contributed by atoms with Gasteiger partial charge >= 0.3 is 0 Å². The summed E-state index contributed by atoms with van der Waals surface area (Å²) in [6.45, 7) is 4.13. The van der Waals surface area contributed by atoms with Crippen LogP contribution in [0.2, 0.25) is 0 Å². The number of nitrogens with zero attached hydrogens (tertiary/aromatic N) is 3. The molecule has 2 aromatic rings. The molecule has 0 aromatic carbocycles. The molecule has 0 aliphatic carbocycles. The molecule has 0 N–H and O–H groups in total. The number of aryl methyl sites for hydroxylation is 2. The van der Waals surface area contributed by atoms with Gasteiger partial charge in [0, 0.05) is 30.6 Å². The minimum atomic E-state index is 1.01. The van der Waals surface area contributed by atoms with Crippen LogP contribution in [0.15, 0.2) is 16.4 Å². The molecule has 0 spiro atoms. The van der Waals surface area contributed by atoms with Gasteiger partial charge in [-0.3, -0.25) is 0 Å². The van der Waals surface area contributed by atoms with Gasteiger partial charge in [0.25, 0.3) is 0 Å². The molecule has 0 bridgehead atoms. The molecular weight excluding hydrogens is 218 g/mol. The van der Waals surface area contributed by atoms with E-state index in [2.05, 4.69) is 28.3 Å². The standard InChI is InChI=1S/C12H15N3S/c1-8-5-9(2)14-12-11(8)10(6-16-12)13-7-15(3)4/h5-7H,1-4H3. The third-order valence-electron chi connectivity index (χ3n) is 2.28. The average Bonchev–Trinajstić information content (AvgIpc) is 2.57. The minimum Gasteiger partial charge on any atom is -0.369 e. The second kappa shape index (κ2) is 4.22. The SMILES string of the molecule is Cc1cc(C)c2c(N=CN(C)C)csc2n1. The van der Waals surface area contributed by atoms with Crippen LogP contribution in [0.4, 0.5) is 5.69 Å². The van der Waals surface area contributed by atoms with Gasteiger partial charge in [0.15, 0.2) is 0 Å². The lowest BCUT2D eigenvalue weighted by Crippen LogP contribution is -2.06. The van der Waals surface area contributed by atoms with Crippen molar-refractivity contribution in [2.75, 3.05) is 14.1 Å². The van der Waals surface area contributed by atoms with E-state index in [-0.39, 0.29) is 0 Å². The third kappa shape index (κ3) is 2.07. The van der Waals surface area contributed by atoms with E-state index >= 15 is 0 Å². The topological polar surface area (TPSA) is 28.5 Å². The summed E-state index contributed by atoms with van der Waals surface area (Å²) in [5.41, 5.74) is 3.32. The van der Waals surface area contributed by atoms with Gasteiger partial charge in [-0.2, -0.15) is 0 Å². The molecule has 0 saturated heterocycles. The van der Waals surface area contributed by atoms with Crippen LogP contribution in [0, 0.1) is 13.8 Å². The van der Waals surface area contributed by atoms with Gasteiger partial charge < -0.3 is 4.90 Å². The van der Waals surface area contributed by atoms with Crippen molar-refractivity contribution < 1.29 is 0 Å². The molecule has 3 nitrogen and oxygen atoms in total. The maximum absolute atomic E-state index is 4.52. The maximum atomic E-state index is 4.52. The van der Waals surface area contributed by atoms with E-state index in [9.17, 15) is 0 Å². The van der Waals surface area contributed by atoms with E-state index in [4.69, 9.17) is 0 Å². The number of thiophene rings is 1. The van der Waals surface area contributed by atoms with Gasteiger partial charge in [-0.15, -0.1) is 11.3 Å². The summed E-state index contributed by atoms with van der Waals surface area (Å²) >= 11 is 1.65. The van der Waals surface area contributed by atoms with Crippen LogP contribution in [-0.4, -0.2) is 30.3 Å². The Kier molecular flexibility index (Phi) is 2.92. The molecule has 0 unspecified atom stereocenters. The lowest BCUT2D eigenvalue weighted by molar-refractivity contribution is 0.643. The number of hydrogen-bond acceptors (Lipinski definition) is 3. The fourth-order valence-electron chi connectivity index (χ4n) is 1.64. The number of hydrogen-bond donors (Lipinski definition) is 0. The highest BCUT2D eigenvalue weighted by molar-refractivity contribution is 7.17. The van der Waals surface area contributed by atoms with Crippen molar-refractivity contribution in [3.05, 3.63) is 22.7 Å². The van der Waals surface area contributed by atoms with Crippen LogP contribution >= 0.6 is 11.3 Å². The third-order valence-corrected chi connectivity index (χ3v) is 3.14. The summed E-state index contributed by atoms with van der Waals surface area (Å²) in [7, 11) is 3.93. The highest BCUT2D eigenvalue weighted by Gasteiger charge is 2.07. The largest absolute Gasteiger partial charge is 0.369 e. The molecule has 0 atom stereocenters. The van der Waals surface area contributed by atoms with Crippen LogP contribution in [-0.2, 0) is 0 Å². The first-order valence-electron chi connectivity index (χ1n) is 5.14. The van der Waals surface area contributed by atoms with Gasteiger partial charge in [0.1, 0.15) is 4.83 Å². The zero-order valence-corrected chi connectivity index (χ0v) is 10.8. The molecule has 2 heterocycles. The van der Waals surface area contributed by atoms with E-state index in [1.54, 1.807) is 11.3 Å². The number of pyridine rings is 1. The number of aromatic nitrogens is 1. The molecule has 0 saturated carbocycles. The normalized spacial score (nSPS) is 11.5. The first-order valence-corrected chi connectivity index (χ1v) is 6.02. The summed E-state index contributed by atoms with van der Waals surface area (Å²) in [5, 5.41) is 3.23. The lowest BCUT2D eigenvalue weighted by atomic mass is 10.1. The molecule has 0 aliphatic rings. The van der Waals surface area contributed by atoms with Crippen molar-refractivity contribution >= 4 is 33.6 Å². The molecule has 4 heteroatoms. The number of rotatable bonds is 2. The van der Waals surface area contributed by atoms with E-state index < -0.39 is 0 Å². The van der Waals surface area contributed by atoms with Crippen molar-refractivity contribution in [3.8, 4) is 0 Å². The highest BCUT2D eigenvalue weighted by Crippen LogP contribution is 2.33. The van der Waals surface area contributed by atoms with Crippen molar-refractivity contribution in [2.24, 2.45) is 4.99 Å². The Morgan fingerprint density at radius 2 is 2.12 bits per heavy atom. The zero-order chi connectivity index (χ0) is 11.7.